The number of hydrogen-bond acceptors (Lipinski definition) is 4. The van der Waals surface area contributed by atoms with E-state index in [0.717, 1.165) is 6.42 Å². The molecule has 0 fully saturated rings. The summed E-state index contributed by atoms with van der Waals surface area (Å²) >= 11 is 0. The Bertz CT molecular complexity index is 436. The van der Waals surface area contributed by atoms with Gasteiger partial charge in [0.1, 0.15) is 0 Å². The van der Waals surface area contributed by atoms with Gasteiger partial charge in [-0.25, -0.2) is 4.39 Å². The molecule has 19 heavy (non-hydrogen) atoms. The van der Waals surface area contributed by atoms with Gasteiger partial charge in [-0.05, 0) is 20.3 Å². The van der Waals surface area contributed by atoms with E-state index in [1.165, 1.54) is 6.07 Å². The number of hydrogen-bond donors (Lipinski definition) is 2. The van der Waals surface area contributed by atoms with Crippen LogP contribution in [0.2, 0.25) is 0 Å². The van der Waals surface area contributed by atoms with Crippen LogP contribution in [-0.2, 0) is 0 Å². The standard InChI is InChI=1S/C14H23FN2O2/c1-5-6-19-13-8-12(11(16)7-10(13)15)17(4)14(2,3)9-18/h7-8,18H,5-6,9,16H2,1-4H3. The van der Waals surface area contributed by atoms with E-state index in [1.54, 1.807) is 6.07 Å². The van der Waals surface area contributed by atoms with Crippen molar-refractivity contribution in [3.8, 4) is 5.75 Å². The maximum absolute atomic E-state index is 13.7. The summed E-state index contributed by atoms with van der Waals surface area (Å²) in [5, 5.41) is 9.39. The molecule has 0 spiro atoms. The summed E-state index contributed by atoms with van der Waals surface area (Å²) < 4.78 is 19.1. The average molecular weight is 270 g/mol. The number of halogens is 1. The lowest BCUT2D eigenvalue weighted by atomic mass is 10.0. The molecule has 5 heteroatoms. The van der Waals surface area contributed by atoms with Crippen molar-refractivity contribution in [1.29, 1.82) is 0 Å². The first-order chi connectivity index (χ1) is 8.83. The predicted octanol–water partition coefficient (Wildman–Crippen LogP) is 2.40. The Balaban J connectivity index is 3.13. The van der Waals surface area contributed by atoms with Crippen LogP contribution in [0.15, 0.2) is 12.1 Å². The molecule has 0 saturated heterocycles. The Kier molecular flexibility index (Phi) is 5.00. The molecule has 0 aliphatic rings. The number of ether oxygens (including phenoxy) is 1. The molecular formula is C14H23FN2O2. The Hall–Kier alpha value is -1.49. The average Bonchev–Trinajstić information content (AvgIpc) is 2.37. The monoisotopic (exact) mass is 270 g/mol. The zero-order chi connectivity index (χ0) is 14.6. The molecular weight excluding hydrogens is 247 g/mol. The van der Waals surface area contributed by atoms with Gasteiger partial charge in [0.2, 0.25) is 0 Å². The van der Waals surface area contributed by atoms with Crippen LogP contribution < -0.4 is 15.4 Å². The van der Waals surface area contributed by atoms with Crippen LogP contribution in [-0.4, -0.2) is 30.9 Å². The highest BCUT2D eigenvalue weighted by atomic mass is 19.1. The number of anilines is 2. The fraction of sp³-hybridized carbons (Fsp3) is 0.571. The summed E-state index contributed by atoms with van der Waals surface area (Å²) in [6.07, 6.45) is 0.803. The number of rotatable bonds is 6. The molecule has 4 nitrogen and oxygen atoms in total. The molecule has 0 radical (unpaired) electrons. The van der Waals surface area contributed by atoms with Gasteiger partial charge in [0.15, 0.2) is 11.6 Å². The molecule has 0 saturated carbocycles. The normalized spacial score (nSPS) is 11.5. The van der Waals surface area contributed by atoms with Crippen LogP contribution in [0.5, 0.6) is 5.75 Å². The van der Waals surface area contributed by atoms with Gasteiger partial charge in [-0.1, -0.05) is 6.92 Å². The van der Waals surface area contributed by atoms with Gasteiger partial charge in [-0.2, -0.15) is 0 Å². The van der Waals surface area contributed by atoms with E-state index in [-0.39, 0.29) is 12.4 Å². The lowest BCUT2D eigenvalue weighted by Crippen LogP contribution is -2.44. The quantitative estimate of drug-likeness (QED) is 0.779. The third-order valence-corrected chi connectivity index (χ3v) is 3.20. The molecule has 0 bridgehead atoms. The number of aliphatic hydroxyl groups is 1. The lowest BCUT2D eigenvalue weighted by Gasteiger charge is -2.36. The van der Waals surface area contributed by atoms with Gasteiger partial charge >= 0.3 is 0 Å². The number of nitrogen functional groups attached to an aromatic ring is 1. The van der Waals surface area contributed by atoms with E-state index in [9.17, 15) is 9.50 Å². The number of benzene rings is 1. The van der Waals surface area contributed by atoms with E-state index in [0.29, 0.717) is 18.0 Å². The first-order valence-corrected chi connectivity index (χ1v) is 6.40. The summed E-state index contributed by atoms with van der Waals surface area (Å²) in [5.74, 6) is -0.281. The minimum absolute atomic E-state index is 0.0362. The fourth-order valence-electron chi connectivity index (χ4n) is 1.60. The molecule has 0 unspecified atom stereocenters. The van der Waals surface area contributed by atoms with Crippen LogP contribution in [0.25, 0.3) is 0 Å². The largest absolute Gasteiger partial charge is 0.490 e. The first kappa shape index (κ1) is 15.6. The highest BCUT2D eigenvalue weighted by Gasteiger charge is 2.25. The third kappa shape index (κ3) is 3.50. The van der Waals surface area contributed by atoms with Crippen molar-refractivity contribution in [3.63, 3.8) is 0 Å². The Morgan fingerprint density at radius 2 is 2.05 bits per heavy atom. The Morgan fingerprint density at radius 1 is 1.42 bits per heavy atom. The van der Waals surface area contributed by atoms with Gasteiger partial charge in [0.25, 0.3) is 0 Å². The van der Waals surface area contributed by atoms with E-state index in [2.05, 4.69) is 0 Å². The second kappa shape index (κ2) is 6.10. The number of aliphatic hydroxyl groups excluding tert-OH is 1. The molecule has 0 heterocycles. The highest BCUT2D eigenvalue weighted by Crippen LogP contribution is 2.33. The summed E-state index contributed by atoms with van der Waals surface area (Å²) in [5.41, 5.74) is 6.33. The van der Waals surface area contributed by atoms with Crippen LogP contribution in [0.1, 0.15) is 27.2 Å². The van der Waals surface area contributed by atoms with Crippen molar-refractivity contribution in [2.24, 2.45) is 0 Å². The van der Waals surface area contributed by atoms with Crippen LogP contribution >= 0.6 is 0 Å². The second-order valence-corrected chi connectivity index (χ2v) is 5.22. The fourth-order valence-corrected chi connectivity index (χ4v) is 1.60. The van der Waals surface area contributed by atoms with Crippen molar-refractivity contribution in [2.75, 3.05) is 30.9 Å². The smallest absolute Gasteiger partial charge is 0.167 e. The maximum Gasteiger partial charge on any atom is 0.167 e. The zero-order valence-corrected chi connectivity index (χ0v) is 12.0. The number of nitrogens with zero attached hydrogens (tertiary/aromatic N) is 1. The van der Waals surface area contributed by atoms with E-state index < -0.39 is 11.4 Å². The third-order valence-electron chi connectivity index (χ3n) is 3.20. The minimum Gasteiger partial charge on any atom is -0.490 e. The second-order valence-electron chi connectivity index (χ2n) is 5.22. The summed E-state index contributed by atoms with van der Waals surface area (Å²) in [7, 11) is 1.81. The van der Waals surface area contributed by atoms with Crippen molar-refractivity contribution in [3.05, 3.63) is 17.9 Å². The zero-order valence-electron chi connectivity index (χ0n) is 12.0. The molecule has 0 aliphatic heterocycles. The van der Waals surface area contributed by atoms with E-state index in [1.807, 2.05) is 32.7 Å². The first-order valence-electron chi connectivity index (χ1n) is 6.40. The number of nitrogens with two attached hydrogens (primary N) is 1. The van der Waals surface area contributed by atoms with Crippen LogP contribution in [0, 0.1) is 5.82 Å². The Labute approximate surface area is 114 Å². The molecule has 108 valence electrons. The van der Waals surface area contributed by atoms with Crippen molar-refractivity contribution < 1.29 is 14.2 Å². The highest BCUT2D eigenvalue weighted by molar-refractivity contribution is 5.70. The summed E-state index contributed by atoms with van der Waals surface area (Å²) in [4.78, 5) is 1.82. The van der Waals surface area contributed by atoms with Gasteiger partial charge in [-0.15, -0.1) is 0 Å². The van der Waals surface area contributed by atoms with Crippen LogP contribution in [0.3, 0.4) is 0 Å². The molecule has 0 amide bonds. The van der Waals surface area contributed by atoms with Crippen molar-refractivity contribution >= 4 is 11.4 Å². The lowest BCUT2D eigenvalue weighted by molar-refractivity contribution is 0.216. The topological polar surface area (TPSA) is 58.7 Å². The van der Waals surface area contributed by atoms with Gasteiger partial charge in [0, 0.05) is 19.2 Å². The summed E-state index contributed by atoms with van der Waals surface area (Å²) in [6, 6.07) is 2.84. The number of likely N-dealkylation sites (N-methyl/N-ethyl adjacent to an activating group) is 1. The van der Waals surface area contributed by atoms with Gasteiger partial charge in [0.05, 0.1) is 30.1 Å². The molecule has 1 aromatic carbocycles. The van der Waals surface area contributed by atoms with Gasteiger partial charge < -0.3 is 20.5 Å². The molecule has 0 aliphatic carbocycles. The van der Waals surface area contributed by atoms with Crippen molar-refractivity contribution in [1.82, 2.24) is 0 Å². The molecule has 1 rings (SSSR count). The predicted molar refractivity (Wildman–Crippen MR) is 76.2 cm³/mol. The maximum atomic E-state index is 13.7. The Morgan fingerprint density at radius 3 is 2.58 bits per heavy atom. The molecule has 0 atom stereocenters. The van der Waals surface area contributed by atoms with Gasteiger partial charge in [-0.3, -0.25) is 0 Å². The minimum atomic E-state index is -0.492. The van der Waals surface area contributed by atoms with Crippen molar-refractivity contribution in [2.45, 2.75) is 32.7 Å². The van der Waals surface area contributed by atoms with Crippen LogP contribution in [0.4, 0.5) is 15.8 Å². The summed E-state index contributed by atoms with van der Waals surface area (Å²) in [6.45, 7) is 6.13. The SMILES string of the molecule is CCCOc1cc(N(C)C(C)(C)CO)c(N)cc1F. The molecule has 3 N–H and O–H groups in total. The van der Waals surface area contributed by atoms with E-state index >= 15 is 0 Å². The van der Waals surface area contributed by atoms with E-state index in [4.69, 9.17) is 10.5 Å². The molecule has 1 aromatic rings. The molecule has 0 aromatic heterocycles.